The van der Waals surface area contributed by atoms with E-state index in [0.717, 1.165) is 23.3 Å². The number of urea groups is 1. The minimum absolute atomic E-state index is 0.162. The van der Waals surface area contributed by atoms with Gasteiger partial charge in [-0.25, -0.2) is 4.79 Å². The molecule has 130 valence electrons. The maximum atomic E-state index is 12.5. The van der Waals surface area contributed by atoms with E-state index in [1.54, 1.807) is 38.1 Å². The Hall–Kier alpha value is -2.88. The number of benzene rings is 1. The maximum absolute atomic E-state index is 12.5. The number of nitrogens with zero attached hydrogens (tertiary/aromatic N) is 2. The molecule has 0 bridgehead atoms. The second-order valence-electron chi connectivity index (χ2n) is 6.82. The van der Waals surface area contributed by atoms with Gasteiger partial charge < -0.3 is 10.6 Å². The average Bonchev–Trinajstić information content (AvgIpc) is 3.41. The zero-order chi connectivity index (χ0) is 18.2. The van der Waals surface area contributed by atoms with Crippen molar-refractivity contribution >= 4 is 17.8 Å². The van der Waals surface area contributed by atoms with Crippen LogP contribution in [0.2, 0.25) is 0 Å². The third-order valence-corrected chi connectivity index (χ3v) is 4.91. The summed E-state index contributed by atoms with van der Waals surface area (Å²) in [4.78, 5) is 37.8. The second-order valence-corrected chi connectivity index (χ2v) is 6.82. The summed E-state index contributed by atoms with van der Waals surface area (Å²) >= 11 is 0. The Bertz CT molecular complexity index is 764. The number of amides is 4. The molecule has 25 heavy (non-hydrogen) atoms. The van der Waals surface area contributed by atoms with Crippen LogP contribution in [0, 0.1) is 17.2 Å². The number of carbonyl (C=O) groups excluding carboxylic acids is 3. The Morgan fingerprint density at radius 2 is 2.04 bits per heavy atom. The van der Waals surface area contributed by atoms with E-state index in [1.807, 2.05) is 6.07 Å². The average molecular weight is 340 g/mol. The normalized spacial score (nSPS) is 23.8. The van der Waals surface area contributed by atoms with Crippen molar-refractivity contribution in [2.75, 3.05) is 6.54 Å². The highest BCUT2D eigenvalue weighted by atomic mass is 16.2. The molecule has 2 atom stereocenters. The first-order chi connectivity index (χ1) is 11.8. The van der Waals surface area contributed by atoms with Gasteiger partial charge in [0.15, 0.2) is 0 Å². The molecule has 2 N–H and O–H groups in total. The van der Waals surface area contributed by atoms with E-state index < -0.39 is 17.5 Å². The zero-order valence-electron chi connectivity index (χ0n) is 14.2. The van der Waals surface area contributed by atoms with Crippen LogP contribution in [0.3, 0.4) is 0 Å². The molecule has 2 unspecified atom stereocenters. The molecule has 1 aliphatic carbocycles. The van der Waals surface area contributed by atoms with Crippen molar-refractivity contribution < 1.29 is 14.4 Å². The van der Waals surface area contributed by atoms with Crippen LogP contribution in [-0.4, -0.2) is 34.8 Å². The lowest BCUT2D eigenvalue weighted by Crippen LogP contribution is -2.47. The third kappa shape index (κ3) is 3.20. The molecular formula is C18H20N4O3. The number of imide groups is 1. The van der Waals surface area contributed by atoms with E-state index in [9.17, 15) is 14.4 Å². The van der Waals surface area contributed by atoms with E-state index in [-0.39, 0.29) is 24.4 Å². The van der Waals surface area contributed by atoms with Gasteiger partial charge in [-0.05, 0) is 50.3 Å². The lowest BCUT2D eigenvalue weighted by Gasteiger charge is -2.21. The SMILES string of the molecule is CC(NC(=O)CN1C(=O)NC(C)(C2CC2)C1=O)c1ccc(C#N)cc1. The summed E-state index contributed by atoms with van der Waals surface area (Å²) in [5, 5.41) is 14.3. The number of nitrogens with one attached hydrogen (secondary N) is 2. The molecule has 0 aromatic heterocycles. The highest BCUT2D eigenvalue weighted by molar-refractivity contribution is 6.09. The summed E-state index contributed by atoms with van der Waals surface area (Å²) < 4.78 is 0. The van der Waals surface area contributed by atoms with Crippen molar-refractivity contribution in [1.29, 1.82) is 5.26 Å². The number of nitriles is 1. The van der Waals surface area contributed by atoms with Gasteiger partial charge >= 0.3 is 6.03 Å². The van der Waals surface area contributed by atoms with Crippen molar-refractivity contribution in [2.24, 2.45) is 5.92 Å². The van der Waals surface area contributed by atoms with E-state index in [0.29, 0.717) is 5.56 Å². The highest BCUT2D eigenvalue weighted by Crippen LogP contribution is 2.42. The van der Waals surface area contributed by atoms with Crippen molar-refractivity contribution in [3.05, 3.63) is 35.4 Å². The van der Waals surface area contributed by atoms with Crippen molar-refractivity contribution in [1.82, 2.24) is 15.5 Å². The lowest BCUT2D eigenvalue weighted by atomic mass is 9.96. The predicted molar refractivity (Wildman–Crippen MR) is 89.1 cm³/mol. The van der Waals surface area contributed by atoms with Crippen molar-refractivity contribution in [3.63, 3.8) is 0 Å². The first-order valence-corrected chi connectivity index (χ1v) is 8.28. The lowest BCUT2D eigenvalue weighted by molar-refractivity contribution is -0.135. The predicted octanol–water partition coefficient (Wildman–Crippen LogP) is 1.46. The molecule has 0 spiro atoms. The van der Waals surface area contributed by atoms with Gasteiger partial charge in [-0.15, -0.1) is 0 Å². The summed E-state index contributed by atoms with van der Waals surface area (Å²) in [6.07, 6.45) is 1.83. The van der Waals surface area contributed by atoms with Crippen LogP contribution in [-0.2, 0) is 9.59 Å². The van der Waals surface area contributed by atoms with Crippen LogP contribution >= 0.6 is 0 Å². The van der Waals surface area contributed by atoms with Gasteiger partial charge in [0.25, 0.3) is 5.91 Å². The van der Waals surface area contributed by atoms with Gasteiger partial charge in [-0.3, -0.25) is 14.5 Å². The van der Waals surface area contributed by atoms with Crippen LogP contribution in [0.5, 0.6) is 0 Å². The first-order valence-electron chi connectivity index (χ1n) is 8.28. The standard InChI is InChI=1S/C18H20N4O3/c1-11(13-5-3-12(9-19)4-6-13)20-15(23)10-22-16(24)18(2,14-7-8-14)21-17(22)25/h3-6,11,14H,7-8,10H2,1-2H3,(H,20,23)(H,21,25). The topological polar surface area (TPSA) is 102 Å². The molecule has 1 aromatic carbocycles. The Balaban J connectivity index is 1.61. The third-order valence-electron chi connectivity index (χ3n) is 4.91. The van der Waals surface area contributed by atoms with Crippen LogP contribution in [0.1, 0.15) is 43.9 Å². The minimum Gasteiger partial charge on any atom is -0.348 e. The Kier molecular flexibility index (Phi) is 4.21. The monoisotopic (exact) mass is 340 g/mol. The van der Waals surface area contributed by atoms with Gasteiger partial charge in [0.05, 0.1) is 17.7 Å². The van der Waals surface area contributed by atoms with Gasteiger partial charge in [-0.1, -0.05) is 12.1 Å². The number of carbonyl (C=O) groups is 3. The molecular weight excluding hydrogens is 320 g/mol. The summed E-state index contributed by atoms with van der Waals surface area (Å²) in [5.74, 6) is -0.573. The quantitative estimate of drug-likeness (QED) is 0.792. The van der Waals surface area contributed by atoms with Gasteiger partial charge in [0.2, 0.25) is 5.91 Å². The molecule has 1 saturated heterocycles. The highest BCUT2D eigenvalue weighted by Gasteiger charge is 2.56. The van der Waals surface area contributed by atoms with Crippen LogP contribution in [0.15, 0.2) is 24.3 Å². The van der Waals surface area contributed by atoms with E-state index in [2.05, 4.69) is 10.6 Å². The summed E-state index contributed by atoms with van der Waals surface area (Å²) in [6.45, 7) is 3.23. The molecule has 7 heteroatoms. The second kappa shape index (κ2) is 6.20. The molecule has 2 aliphatic rings. The molecule has 1 aromatic rings. The Morgan fingerprint density at radius 3 is 2.60 bits per heavy atom. The molecule has 1 aliphatic heterocycles. The summed E-state index contributed by atoms with van der Waals surface area (Å²) in [7, 11) is 0. The molecule has 1 heterocycles. The molecule has 3 rings (SSSR count). The van der Waals surface area contributed by atoms with Crippen molar-refractivity contribution in [2.45, 2.75) is 38.3 Å². The first kappa shape index (κ1) is 17.0. The Morgan fingerprint density at radius 1 is 1.40 bits per heavy atom. The largest absolute Gasteiger partial charge is 0.348 e. The summed E-state index contributed by atoms with van der Waals surface area (Å²) in [6, 6.07) is 8.11. The number of hydrogen-bond donors (Lipinski definition) is 2. The van der Waals surface area contributed by atoms with E-state index in [4.69, 9.17) is 5.26 Å². The Labute approximate surface area is 146 Å². The summed E-state index contributed by atoms with van der Waals surface area (Å²) in [5.41, 5.74) is 0.504. The van der Waals surface area contributed by atoms with Crippen LogP contribution < -0.4 is 10.6 Å². The number of hydrogen-bond acceptors (Lipinski definition) is 4. The molecule has 1 saturated carbocycles. The maximum Gasteiger partial charge on any atom is 0.325 e. The van der Waals surface area contributed by atoms with Crippen molar-refractivity contribution in [3.8, 4) is 6.07 Å². The fourth-order valence-corrected chi connectivity index (χ4v) is 3.16. The molecule has 4 amide bonds. The van der Waals surface area contributed by atoms with Crippen LogP contribution in [0.4, 0.5) is 4.79 Å². The smallest absolute Gasteiger partial charge is 0.325 e. The number of rotatable bonds is 5. The molecule has 7 nitrogen and oxygen atoms in total. The van der Waals surface area contributed by atoms with E-state index in [1.165, 1.54) is 0 Å². The minimum atomic E-state index is -0.879. The fraction of sp³-hybridized carbons (Fsp3) is 0.444. The van der Waals surface area contributed by atoms with Crippen LogP contribution in [0.25, 0.3) is 0 Å². The van der Waals surface area contributed by atoms with Gasteiger partial charge in [-0.2, -0.15) is 5.26 Å². The van der Waals surface area contributed by atoms with Gasteiger partial charge in [0.1, 0.15) is 12.1 Å². The fourth-order valence-electron chi connectivity index (χ4n) is 3.16. The van der Waals surface area contributed by atoms with Gasteiger partial charge in [0, 0.05) is 0 Å². The zero-order valence-corrected chi connectivity index (χ0v) is 14.2. The molecule has 0 radical (unpaired) electrons. The van der Waals surface area contributed by atoms with E-state index >= 15 is 0 Å². The molecule has 2 fully saturated rings.